The third-order valence-electron chi connectivity index (χ3n) is 4.51. The maximum absolute atomic E-state index is 9.90. The maximum atomic E-state index is 9.90. The molecule has 94 valence electrons. The molecule has 0 amide bonds. The van der Waals surface area contributed by atoms with Crippen LogP contribution in [0.3, 0.4) is 0 Å². The number of likely N-dealkylation sites (tertiary alicyclic amines) is 1. The van der Waals surface area contributed by atoms with Crippen molar-refractivity contribution in [3.8, 4) is 0 Å². The lowest BCUT2D eigenvalue weighted by atomic mass is 9.68. The minimum atomic E-state index is -0.0517. The van der Waals surface area contributed by atoms with E-state index in [9.17, 15) is 5.11 Å². The average Bonchev–Trinajstić information content (AvgIpc) is 2.68. The van der Waals surface area contributed by atoms with Crippen LogP contribution in [0.5, 0.6) is 0 Å². The van der Waals surface area contributed by atoms with E-state index < -0.39 is 0 Å². The molecular formula is C14H27NO. The molecular weight excluding hydrogens is 198 g/mol. The zero-order valence-corrected chi connectivity index (χ0v) is 11.1. The van der Waals surface area contributed by atoms with Crippen LogP contribution in [0, 0.1) is 11.3 Å². The van der Waals surface area contributed by atoms with Crippen molar-refractivity contribution in [2.45, 2.75) is 65.0 Å². The Morgan fingerprint density at radius 2 is 1.69 bits per heavy atom. The molecule has 0 aromatic carbocycles. The fourth-order valence-electron chi connectivity index (χ4n) is 3.61. The predicted octanol–water partition coefficient (Wildman–Crippen LogP) is 2.66. The normalized spacial score (nSPS) is 37.9. The largest absolute Gasteiger partial charge is 0.393 e. The minimum absolute atomic E-state index is 0.0517. The van der Waals surface area contributed by atoms with E-state index in [0.717, 1.165) is 18.8 Å². The monoisotopic (exact) mass is 225 g/mol. The van der Waals surface area contributed by atoms with E-state index in [1.54, 1.807) is 0 Å². The fraction of sp³-hybridized carbons (Fsp3) is 1.00. The lowest BCUT2D eigenvalue weighted by Crippen LogP contribution is -2.48. The van der Waals surface area contributed by atoms with Crippen molar-refractivity contribution in [1.29, 1.82) is 0 Å². The average molecular weight is 225 g/mol. The van der Waals surface area contributed by atoms with Crippen LogP contribution in [0.25, 0.3) is 0 Å². The first-order valence-corrected chi connectivity index (χ1v) is 6.90. The van der Waals surface area contributed by atoms with Crippen LogP contribution in [0.15, 0.2) is 0 Å². The summed E-state index contributed by atoms with van der Waals surface area (Å²) in [6.45, 7) is 9.59. The second-order valence-corrected chi connectivity index (χ2v) is 6.75. The van der Waals surface area contributed by atoms with Gasteiger partial charge in [-0.25, -0.2) is 0 Å². The number of hydrogen-bond donors (Lipinski definition) is 1. The van der Waals surface area contributed by atoms with E-state index >= 15 is 0 Å². The first kappa shape index (κ1) is 12.4. The third kappa shape index (κ3) is 2.60. The van der Waals surface area contributed by atoms with Crippen molar-refractivity contribution in [2.24, 2.45) is 11.3 Å². The Kier molecular flexibility index (Phi) is 3.60. The molecule has 0 aromatic heterocycles. The second kappa shape index (κ2) is 4.66. The van der Waals surface area contributed by atoms with E-state index in [-0.39, 0.29) is 6.10 Å². The first-order chi connectivity index (χ1) is 7.48. The molecule has 1 aliphatic heterocycles. The van der Waals surface area contributed by atoms with Crippen molar-refractivity contribution >= 4 is 0 Å². The molecule has 1 saturated carbocycles. The number of aliphatic hydroxyl groups is 1. The quantitative estimate of drug-likeness (QED) is 0.741. The summed E-state index contributed by atoms with van der Waals surface area (Å²) in [5.74, 6) is 0.758. The molecule has 2 rings (SSSR count). The highest BCUT2D eigenvalue weighted by Crippen LogP contribution is 2.41. The summed E-state index contributed by atoms with van der Waals surface area (Å²) in [6.07, 6.45) is 5.86. The molecule has 1 N–H and O–H groups in total. The molecule has 0 aromatic rings. The van der Waals surface area contributed by atoms with Crippen LogP contribution >= 0.6 is 0 Å². The van der Waals surface area contributed by atoms with E-state index in [1.165, 1.54) is 32.4 Å². The van der Waals surface area contributed by atoms with Crippen LogP contribution in [0.1, 0.15) is 52.9 Å². The second-order valence-electron chi connectivity index (χ2n) is 6.75. The zero-order valence-electron chi connectivity index (χ0n) is 11.1. The standard InChI is InChI=1S/C14H27NO/c1-14(2,3)12-7-6-11(16)10-13(12)15-8-4-5-9-15/h11-13,16H,4-10H2,1-3H3. The number of aliphatic hydroxyl groups excluding tert-OH is 1. The van der Waals surface area contributed by atoms with E-state index in [4.69, 9.17) is 0 Å². The molecule has 1 heterocycles. The van der Waals surface area contributed by atoms with Crippen LogP contribution < -0.4 is 0 Å². The Bertz CT molecular complexity index is 227. The van der Waals surface area contributed by atoms with E-state index in [1.807, 2.05) is 0 Å². The third-order valence-corrected chi connectivity index (χ3v) is 4.51. The molecule has 2 aliphatic rings. The van der Waals surface area contributed by atoms with E-state index in [0.29, 0.717) is 11.5 Å². The molecule has 3 unspecified atom stereocenters. The summed E-state index contributed by atoms with van der Waals surface area (Å²) in [6, 6.07) is 0.631. The smallest absolute Gasteiger partial charge is 0.0555 e. The van der Waals surface area contributed by atoms with Crippen LogP contribution in [0.2, 0.25) is 0 Å². The van der Waals surface area contributed by atoms with Crippen molar-refractivity contribution in [3.63, 3.8) is 0 Å². The van der Waals surface area contributed by atoms with Gasteiger partial charge in [0, 0.05) is 6.04 Å². The highest BCUT2D eigenvalue weighted by molar-refractivity contribution is 4.93. The number of nitrogens with zero attached hydrogens (tertiary/aromatic N) is 1. The highest BCUT2D eigenvalue weighted by atomic mass is 16.3. The molecule has 1 aliphatic carbocycles. The van der Waals surface area contributed by atoms with Crippen LogP contribution in [-0.4, -0.2) is 35.2 Å². The van der Waals surface area contributed by atoms with Gasteiger partial charge in [0.2, 0.25) is 0 Å². The number of rotatable bonds is 1. The van der Waals surface area contributed by atoms with Gasteiger partial charge in [0.1, 0.15) is 0 Å². The summed E-state index contributed by atoms with van der Waals surface area (Å²) in [5, 5.41) is 9.90. The van der Waals surface area contributed by atoms with E-state index in [2.05, 4.69) is 25.7 Å². The summed E-state index contributed by atoms with van der Waals surface area (Å²) in [5.41, 5.74) is 0.382. The van der Waals surface area contributed by atoms with Crippen LogP contribution in [0.4, 0.5) is 0 Å². The van der Waals surface area contributed by atoms with Gasteiger partial charge in [0.25, 0.3) is 0 Å². The van der Waals surface area contributed by atoms with Crippen molar-refractivity contribution in [1.82, 2.24) is 4.90 Å². The summed E-state index contributed by atoms with van der Waals surface area (Å²) in [4.78, 5) is 2.64. The first-order valence-electron chi connectivity index (χ1n) is 6.90. The lowest BCUT2D eigenvalue weighted by Gasteiger charge is -2.46. The SMILES string of the molecule is CC(C)(C)C1CCC(O)CC1N1CCCC1. The van der Waals surface area contributed by atoms with Gasteiger partial charge in [0.05, 0.1) is 6.10 Å². The van der Waals surface area contributed by atoms with Gasteiger partial charge in [0.15, 0.2) is 0 Å². The molecule has 1 saturated heterocycles. The Morgan fingerprint density at radius 1 is 1.06 bits per heavy atom. The van der Waals surface area contributed by atoms with Crippen molar-refractivity contribution in [2.75, 3.05) is 13.1 Å². The Balaban J connectivity index is 2.08. The highest BCUT2D eigenvalue weighted by Gasteiger charge is 2.40. The van der Waals surface area contributed by atoms with Gasteiger partial charge in [-0.2, -0.15) is 0 Å². The minimum Gasteiger partial charge on any atom is -0.393 e. The zero-order chi connectivity index (χ0) is 11.8. The topological polar surface area (TPSA) is 23.5 Å². The molecule has 2 heteroatoms. The molecule has 0 bridgehead atoms. The molecule has 0 radical (unpaired) electrons. The van der Waals surface area contributed by atoms with Gasteiger partial charge in [-0.3, -0.25) is 4.90 Å². The Labute approximate surface area is 100 Å². The molecule has 3 atom stereocenters. The van der Waals surface area contributed by atoms with Gasteiger partial charge in [-0.15, -0.1) is 0 Å². The van der Waals surface area contributed by atoms with Gasteiger partial charge in [-0.1, -0.05) is 20.8 Å². The van der Waals surface area contributed by atoms with Gasteiger partial charge < -0.3 is 5.11 Å². The molecule has 2 nitrogen and oxygen atoms in total. The van der Waals surface area contributed by atoms with Crippen molar-refractivity contribution in [3.05, 3.63) is 0 Å². The van der Waals surface area contributed by atoms with Crippen LogP contribution in [-0.2, 0) is 0 Å². The predicted molar refractivity (Wildman–Crippen MR) is 67.4 cm³/mol. The summed E-state index contributed by atoms with van der Waals surface area (Å²) in [7, 11) is 0. The molecule has 0 spiro atoms. The lowest BCUT2D eigenvalue weighted by molar-refractivity contribution is -0.00300. The van der Waals surface area contributed by atoms with Gasteiger partial charge >= 0.3 is 0 Å². The Morgan fingerprint density at radius 3 is 2.25 bits per heavy atom. The Hall–Kier alpha value is -0.0800. The summed E-state index contributed by atoms with van der Waals surface area (Å²) >= 11 is 0. The van der Waals surface area contributed by atoms with Crippen molar-refractivity contribution < 1.29 is 5.11 Å². The fourth-order valence-corrected chi connectivity index (χ4v) is 3.61. The van der Waals surface area contributed by atoms with Gasteiger partial charge in [-0.05, 0) is 56.5 Å². The summed E-state index contributed by atoms with van der Waals surface area (Å²) < 4.78 is 0. The number of hydrogen-bond acceptors (Lipinski definition) is 2. The maximum Gasteiger partial charge on any atom is 0.0555 e. The molecule has 2 fully saturated rings. The molecule has 16 heavy (non-hydrogen) atoms.